The number of aromatic nitrogens is 3. The van der Waals surface area contributed by atoms with Crippen molar-refractivity contribution in [1.82, 2.24) is 14.1 Å². The second-order valence-corrected chi connectivity index (χ2v) is 6.81. The van der Waals surface area contributed by atoms with E-state index >= 15 is 0 Å². The molecule has 28 heavy (non-hydrogen) atoms. The highest BCUT2D eigenvalue weighted by Gasteiger charge is 2.25. The molecule has 3 aromatic heterocycles. The van der Waals surface area contributed by atoms with E-state index in [1.165, 1.54) is 17.9 Å². The zero-order valence-electron chi connectivity index (χ0n) is 16.7. The molecule has 3 rings (SSSR count). The third kappa shape index (κ3) is 3.26. The van der Waals surface area contributed by atoms with Gasteiger partial charge in [0.1, 0.15) is 23.0 Å². The number of carbonyl (C=O) groups excluding carboxylic acids is 2. The van der Waals surface area contributed by atoms with Crippen molar-refractivity contribution in [2.45, 2.75) is 40.7 Å². The minimum atomic E-state index is -0.780. The van der Waals surface area contributed by atoms with Crippen molar-refractivity contribution in [3.05, 3.63) is 51.0 Å². The average Bonchev–Trinajstić information content (AvgIpc) is 3.14. The van der Waals surface area contributed by atoms with E-state index < -0.39 is 18.1 Å². The molecule has 8 heteroatoms. The van der Waals surface area contributed by atoms with Crippen LogP contribution in [0.25, 0.3) is 11.1 Å². The van der Waals surface area contributed by atoms with Crippen molar-refractivity contribution < 1.29 is 18.7 Å². The Labute approximate surface area is 161 Å². The summed E-state index contributed by atoms with van der Waals surface area (Å²) in [5.74, 6) is -0.846. The third-order valence-electron chi connectivity index (χ3n) is 4.81. The Morgan fingerprint density at radius 1 is 1.25 bits per heavy atom. The fraction of sp³-hybridized carbons (Fsp3) is 0.400. The molecule has 0 fully saturated rings. The van der Waals surface area contributed by atoms with E-state index in [1.54, 1.807) is 13.0 Å². The zero-order chi connectivity index (χ0) is 20.6. The van der Waals surface area contributed by atoms with Crippen LogP contribution in [0.5, 0.6) is 0 Å². The van der Waals surface area contributed by atoms with Gasteiger partial charge < -0.3 is 18.3 Å². The number of furan rings is 1. The molecule has 0 unspecified atom stereocenters. The lowest BCUT2D eigenvalue weighted by atomic mass is 10.1. The van der Waals surface area contributed by atoms with Crippen molar-refractivity contribution in [2.24, 2.45) is 7.05 Å². The summed E-state index contributed by atoms with van der Waals surface area (Å²) in [5.41, 5.74) is 2.03. The number of aryl methyl sites for hydroxylation is 3. The number of ether oxygens (including phenoxy) is 1. The van der Waals surface area contributed by atoms with Crippen LogP contribution in [0.3, 0.4) is 0 Å². The number of hydrogen-bond donors (Lipinski definition) is 0. The Bertz CT molecular complexity index is 1130. The minimum Gasteiger partial charge on any atom is -0.454 e. The Morgan fingerprint density at radius 3 is 2.64 bits per heavy atom. The summed E-state index contributed by atoms with van der Waals surface area (Å²) in [5, 5.41) is 0.0565. The second-order valence-electron chi connectivity index (χ2n) is 6.81. The Hall–Kier alpha value is -3.16. The maximum absolute atomic E-state index is 12.6. The van der Waals surface area contributed by atoms with E-state index in [-0.39, 0.29) is 28.2 Å². The van der Waals surface area contributed by atoms with Gasteiger partial charge in [-0.1, -0.05) is 6.92 Å². The van der Waals surface area contributed by atoms with Gasteiger partial charge in [-0.3, -0.25) is 9.59 Å². The molecule has 0 atom stereocenters. The van der Waals surface area contributed by atoms with E-state index in [2.05, 4.69) is 16.5 Å². The van der Waals surface area contributed by atoms with Crippen LogP contribution in [0.2, 0.25) is 0 Å². The van der Waals surface area contributed by atoms with E-state index in [9.17, 15) is 14.4 Å². The first-order valence-corrected chi connectivity index (χ1v) is 9.08. The molecule has 0 saturated heterocycles. The van der Waals surface area contributed by atoms with Gasteiger partial charge in [-0.2, -0.15) is 0 Å². The molecule has 0 radical (unpaired) electrons. The fourth-order valence-corrected chi connectivity index (χ4v) is 3.37. The summed E-state index contributed by atoms with van der Waals surface area (Å²) >= 11 is 0. The van der Waals surface area contributed by atoms with Crippen LogP contribution in [0.15, 0.2) is 21.6 Å². The van der Waals surface area contributed by atoms with Crippen LogP contribution in [-0.2, 0) is 18.3 Å². The molecule has 0 N–H and O–H groups in total. The monoisotopic (exact) mass is 385 g/mol. The molecule has 0 saturated carbocycles. The molecule has 8 nitrogen and oxygen atoms in total. The predicted octanol–water partition coefficient (Wildman–Crippen LogP) is 2.70. The molecule has 0 aliphatic heterocycles. The van der Waals surface area contributed by atoms with Crippen molar-refractivity contribution in [2.75, 3.05) is 6.61 Å². The summed E-state index contributed by atoms with van der Waals surface area (Å²) in [6, 6.07) is 1.80. The minimum absolute atomic E-state index is 0.00737. The smallest absolute Gasteiger partial charge is 0.343 e. The standard InChI is InChI=1S/C20H23N3O5/c1-6-7-23-11(2)8-14(12(23)3)15(24)9-27-20(26)16-13(4)28-18-17(16)19(25)22(5)10-21-18/h8,10H,6-7,9H2,1-5H3. The zero-order valence-corrected chi connectivity index (χ0v) is 16.7. The molecule has 0 aliphatic rings. The summed E-state index contributed by atoms with van der Waals surface area (Å²) in [7, 11) is 1.53. The van der Waals surface area contributed by atoms with Gasteiger partial charge in [-0.05, 0) is 33.3 Å². The molecule has 0 bridgehead atoms. The van der Waals surface area contributed by atoms with E-state index in [4.69, 9.17) is 9.15 Å². The summed E-state index contributed by atoms with van der Waals surface area (Å²) < 4.78 is 13.9. The maximum Gasteiger partial charge on any atom is 0.343 e. The molecule has 148 valence electrons. The molecule has 3 heterocycles. The predicted molar refractivity (Wildman–Crippen MR) is 103 cm³/mol. The Balaban J connectivity index is 1.84. The van der Waals surface area contributed by atoms with Crippen molar-refractivity contribution in [3.63, 3.8) is 0 Å². The van der Waals surface area contributed by atoms with E-state index in [0.29, 0.717) is 5.56 Å². The molecular weight excluding hydrogens is 362 g/mol. The summed E-state index contributed by atoms with van der Waals surface area (Å²) in [6.07, 6.45) is 2.27. The lowest BCUT2D eigenvalue weighted by molar-refractivity contribution is 0.0474. The van der Waals surface area contributed by atoms with Crippen LogP contribution in [0.1, 0.15) is 51.2 Å². The van der Waals surface area contributed by atoms with Crippen LogP contribution >= 0.6 is 0 Å². The molecule has 0 amide bonds. The van der Waals surface area contributed by atoms with Crippen LogP contribution in [-0.4, -0.2) is 32.5 Å². The quantitative estimate of drug-likeness (QED) is 0.478. The number of rotatable bonds is 6. The van der Waals surface area contributed by atoms with Gasteiger partial charge in [0, 0.05) is 30.5 Å². The van der Waals surface area contributed by atoms with Crippen molar-refractivity contribution in [3.8, 4) is 0 Å². The second kappa shape index (κ2) is 7.46. The summed E-state index contributed by atoms with van der Waals surface area (Å²) in [4.78, 5) is 41.5. The Kier molecular flexibility index (Phi) is 5.22. The fourth-order valence-electron chi connectivity index (χ4n) is 3.37. The number of ketones is 1. The van der Waals surface area contributed by atoms with E-state index in [1.807, 2.05) is 13.8 Å². The normalized spacial score (nSPS) is 11.2. The molecule has 0 aliphatic carbocycles. The third-order valence-corrected chi connectivity index (χ3v) is 4.81. The van der Waals surface area contributed by atoms with Crippen LogP contribution < -0.4 is 5.56 Å². The highest BCUT2D eigenvalue weighted by atomic mass is 16.5. The topological polar surface area (TPSA) is 96.3 Å². The molecular formula is C20H23N3O5. The number of esters is 1. The van der Waals surface area contributed by atoms with Gasteiger partial charge in [-0.15, -0.1) is 0 Å². The number of Topliss-reactive ketones (excluding diaryl/α,β-unsaturated/α-hetero) is 1. The molecule has 0 aromatic carbocycles. The van der Waals surface area contributed by atoms with Gasteiger partial charge >= 0.3 is 5.97 Å². The van der Waals surface area contributed by atoms with Gasteiger partial charge in [0.15, 0.2) is 6.61 Å². The van der Waals surface area contributed by atoms with Gasteiger partial charge in [0.25, 0.3) is 5.56 Å². The maximum atomic E-state index is 12.6. The largest absolute Gasteiger partial charge is 0.454 e. The summed E-state index contributed by atoms with van der Waals surface area (Å²) in [6.45, 7) is 7.84. The van der Waals surface area contributed by atoms with E-state index in [0.717, 1.165) is 24.4 Å². The average molecular weight is 385 g/mol. The SMILES string of the molecule is CCCn1c(C)cc(C(=O)COC(=O)c2c(C)oc3ncn(C)c(=O)c23)c1C. The Morgan fingerprint density at radius 2 is 1.96 bits per heavy atom. The number of carbonyl (C=O) groups is 2. The first-order valence-electron chi connectivity index (χ1n) is 9.08. The lowest BCUT2D eigenvalue weighted by Crippen LogP contribution is -2.20. The van der Waals surface area contributed by atoms with Crippen molar-refractivity contribution >= 4 is 22.9 Å². The number of nitrogens with zero attached hydrogens (tertiary/aromatic N) is 3. The first kappa shape index (κ1) is 19.6. The number of fused-ring (bicyclic) bond motifs is 1. The van der Waals surface area contributed by atoms with Gasteiger partial charge in [0.2, 0.25) is 11.5 Å². The van der Waals surface area contributed by atoms with Gasteiger partial charge in [0.05, 0.1) is 0 Å². The van der Waals surface area contributed by atoms with Crippen molar-refractivity contribution in [1.29, 1.82) is 0 Å². The number of hydrogen-bond acceptors (Lipinski definition) is 6. The van der Waals surface area contributed by atoms with Gasteiger partial charge in [-0.25, -0.2) is 9.78 Å². The molecule has 3 aromatic rings. The highest BCUT2D eigenvalue weighted by molar-refractivity contribution is 6.05. The first-order chi connectivity index (χ1) is 13.3. The van der Waals surface area contributed by atoms with Crippen LogP contribution in [0, 0.1) is 20.8 Å². The highest BCUT2D eigenvalue weighted by Crippen LogP contribution is 2.22. The lowest BCUT2D eigenvalue weighted by Gasteiger charge is -2.08. The molecule has 0 spiro atoms. The van der Waals surface area contributed by atoms with Crippen LogP contribution in [0.4, 0.5) is 0 Å².